The molecule has 22 heavy (non-hydrogen) atoms. The highest BCUT2D eigenvalue weighted by Gasteiger charge is 2.28. The highest BCUT2D eigenvalue weighted by Crippen LogP contribution is 2.21. The molecule has 0 fully saturated rings. The molecule has 2 amide bonds. The maximum Gasteiger partial charge on any atom is 0.272 e. The topological polar surface area (TPSA) is 81.3 Å². The van der Waals surface area contributed by atoms with Crippen molar-refractivity contribution < 1.29 is 9.59 Å². The van der Waals surface area contributed by atoms with Crippen LogP contribution in [0.4, 0.5) is 0 Å². The van der Waals surface area contributed by atoms with Gasteiger partial charge >= 0.3 is 0 Å². The molecule has 7 nitrogen and oxygen atoms in total. The van der Waals surface area contributed by atoms with E-state index in [-0.39, 0.29) is 17.7 Å². The first-order valence-corrected chi connectivity index (χ1v) is 7.68. The van der Waals surface area contributed by atoms with Crippen molar-refractivity contribution in [3.8, 4) is 0 Å². The largest absolute Gasteiger partial charge is 0.349 e. The number of nitrogens with zero attached hydrogens (tertiary/aromatic N) is 3. The molecule has 0 saturated carbocycles. The highest BCUT2D eigenvalue weighted by atomic mass is 16.2. The SMILES string of the molecule is CC(C)C(=O)N1CCc2[nH]nc(C(=O)NCCN(C)C)c2C1. The van der Waals surface area contributed by atoms with Gasteiger partial charge in [0, 0.05) is 49.8 Å². The number of likely N-dealkylation sites (N-methyl/N-ethyl adjacent to an activating group) is 1. The lowest BCUT2D eigenvalue weighted by Crippen LogP contribution is -2.39. The molecule has 1 aromatic rings. The molecule has 0 radical (unpaired) electrons. The van der Waals surface area contributed by atoms with Crippen LogP contribution in [0.2, 0.25) is 0 Å². The number of H-pyrrole nitrogens is 1. The van der Waals surface area contributed by atoms with Gasteiger partial charge in [-0.15, -0.1) is 0 Å². The first-order chi connectivity index (χ1) is 10.4. The predicted molar refractivity (Wildman–Crippen MR) is 83.4 cm³/mol. The summed E-state index contributed by atoms with van der Waals surface area (Å²) < 4.78 is 0. The second-order valence-corrected chi connectivity index (χ2v) is 6.25. The van der Waals surface area contributed by atoms with Gasteiger partial charge in [-0.25, -0.2) is 0 Å². The number of aromatic amines is 1. The van der Waals surface area contributed by atoms with Crippen LogP contribution in [-0.2, 0) is 17.8 Å². The summed E-state index contributed by atoms with van der Waals surface area (Å²) in [6.07, 6.45) is 0.714. The quantitative estimate of drug-likeness (QED) is 0.816. The summed E-state index contributed by atoms with van der Waals surface area (Å²) in [7, 11) is 3.91. The number of hydrogen-bond acceptors (Lipinski definition) is 4. The Bertz CT molecular complexity index is 550. The Morgan fingerprint density at radius 1 is 1.41 bits per heavy atom. The zero-order valence-corrected chi connectivity index (χ0v) is 13.8. The Kier molecular flexibility index (Phi) is 5.18. The molecule has 0 spiro atoms. The molecule has 0 aromatic carbocycles. The second-order valence-electron chi connectivity index (χ2n) is 6.25. The fourth-order valence-electron chi connectivity index (χ4n) is 2.51. The van der Waals surface area contributed by atoms with Crippen LogP contribution in [0.1, 0.15) is 35.6 Å². The van der Waals surface area contributed by atoms with Gasteiger partial charge in [-0.3, -0.25) is 14.7 Å². The molecule has 1 aliphatic rings. The van der Waals surface area contributed by atoms with Crippen molar-refractivity contribution in [2.75, 3.05) is 33.7 Å². The molecule has 2 N–H and O–H groups in total. The molecule has 2 rings (SSSR count). The third kappa shape index (κ3) is 3.65. The highest BCUT2D eigenvalue weighted by molar-refractivity contribution is 5.94. The molecule has 0 atom stereocenters. The van der Waals surface area contributed by atoms with E-state index in [1.165, 1.54) is 0 Å². The molecular formula is C15H25N5O2. The number of carbonyl (C=O) groups is 2. The van der Waals surface area contributed by atoms with Gasteiger partial charge in [-0.2, -0.15) is 5.10 Å². The van der Waals surface area contributed by atoms with E-state index in [0.29, 0.717) is 31.7 Å². The van der Waals surface area contributed by atoms with E-state index in [1.807, 2.05) is 32.8 Å². The first-order valence-electron chi connectivity index (χ1n) is 7.68. The molecule has 1 aromatic heterocycles. The van der Waals surface area contributed by atoms with Crippen LogP contribution in [0.15, 0.2) is 0 Å². The molecule has 0 unspecified atom stereocenters. The zero-order valence-electron chi connectivity index (χ0n) is 13.8. The van der Waals surface area contributed by atoms with Crippen LogP contribution < -0.4 is 5.32 Å². The van der Waals surface area contributed by atoms with Crippen LogP contribution in [0.25, 0.3) is 0 Å². The van der Waals surface area contributed by atoms with E-state index < -0.39 is 0 Å². The maximum absolute atomic E-state index is 12.3. The van der Waals surface area contributed by atoms with Gasteiger partial charge in [0.1, 0.15) is 0 Å². The molecular weight excluding hydrogens is 282 g/mol. The monoisotopic (exact) mass is 307 g/mol. The Balaban J connectivity index is 2.06. The smallest absolute Gasteiger partial charge is 0.272 e. The Morgan fingerprint density at radius 2 is 2.14 bits per heavy atom. The van der Waals surface area contributed by atoms with Gasteiger partial charge in [0.15, 0.2) is 5.69 Å². The number of aromatic nitrogens is 2. The van der Waals surface area contributed by atoms with Crippen molar-refractivity contribution in [3.63, 3.8) is 0 Å². The maximum atomic E-state index is 12.3. The van der Waals surface area contributed by atoms with E-state index in [0.717, 1.165) is 17.8 Å². The van der Waals surface area contributed by atoms with Crippen molar-refractivity contribution >= 4 is 11.8 Å². The van der Waals surface area contributed by atoms with Gasteiger partial charge in [0.25, 0.3) is 5.91 Å². The minimum atomic E-state index is -0.182. The molecule has 0 saturated heterocycles. The lowest BCUT2D eigenvalue weighted by Gasteiger charge is -2.28. The minimum absolute atomic E-state index is 0.0363. The van der Waals surface area contributed by atoms with Crippen LogP contribution in [-0.4, -0.2) is 65.5 Å². The van der Waals surface area contributed by atoms with Crippen LogP contribution in [0.3, 0.4) is 0 Å². The standard InChI is InChI=1S/C15H25N5O2/c1-10(2)15(22)20-7-5-12-11(9-20)13(18-17-12)14(21)16-6-8-19(3)4/h10H,5-9H2,1-4H3,(H,16,21)(H,17,18). The number of carbonyl (C=O) groups excluding carboxylic acids is 2. The summed E-state index contributed by atoms with van der Waals surface area (Å²) in [6.45, 7) is 6.26. The molecule has 7 heteroatoms. The van der Waals surface area contributed by atoms with Gasteiger partial charge in [-0.05, 0) is 14.1 Å². The Labute approximate surface area is 131 Å². The molecule has 1 aliphatic heterocycles. The second kappa shape index (κ2) is 6.91. The Hall–Kier alpha value is -1.89. The summed E-state index contributed by atoms with van der Waals surface area (Å²) in [6, 6.07) is 0. The fourth-order valence-corrected chi connectivity index (χ4v) is 2.51. The number of amides is 2. The Morgan fingerprint density at radius 3 is 2.77 bits per heavy atom. The van der Waals surface area contributed by atoms with Crippen molar-refractivity contribution in [1.82, 2.24) is 25.3 Å². The summed E-state index contributed by atoms with van der Waals surface area (Å²) in [5, 5.41) is 9.95. The lowest BCUT2D eigenvalue weighted by molar-refractivity contribution is -0.135. The summed E-state index contributed by atoms with van der Waals surface area (Å²) in [5.41, 5.74) is 2.23. The number of fused-ring (bicyclic) bond motifs is 1. The molecule has 2 heterocycles. The fraction of sp³-hybridized carbons (Fsp3) is 0.667. The van der Waals surface area contributed by atoms with E-state index in [9.17, 15) is 9.59 Å². The van der Waals surface area contributed by atoms with Gasteiger partial charge in [-0.1, -0.05) is 13.8 Å². The van der Waals surface area contributed by atoms with E-state index in [2.05, 4.69) is 15.5 Å². The van der Waals surface area contributed by atoms with E-state index in [1.54, 1.807) is 4.90 Å². The van der Waals surface area contributed by atoms with Crippen LogP contribution in [0, 0.1) is 5.92 Å². The van der Waals surface area contributed by atoms with Crippen molar-refractivity contribution in [2.45, 2.75) is 26.8 Å². The normalized spacial score (nSPS) is 14.4. The number of rotatable bonds is 5. The van der Waals surface area contributed by atoms with Gasteiger partial charge in [0.05, 0.1) is 0 Å². The predicted octanol–water partition coefficient (Wildman–Crippen LogP) is 0.242. The van der Waals surface area contributed by atoms with Crippen molar-refractivity contribution in [1.29, 1.82) is 0 Å². The van der Waals surface area contributed by atoms with Gasteiger partial charge in [0.2, 0.25) is 5.91 Å². The molecule has 122 valence electrons. The summed E-state index contributed by atoms with van der Waals surface area (Å²) >= 11 is 0. The average Bonchev–Trinajstić information content (AvgIpc) is 2.88. The zero-order chi connectivity index (χ0) is 16.3. The molecule has 0 bridgehead atoms. The summed E-state index contributed by atoms with van der Waals surface area (Å²) in [5.74, 6) is -0.102. The van der Waals surface area contributed by atoms with Crippen molar-refractivity contribution in [3.05, 3.63) is 17.0 Å². The van der Waals surface area contributed by atoms with E-state index >= 15 is 0 Å². The third-order valence-electron chi connectivity index (χ3n) is 3.80. The third-order valence-corrected chi connectivity index (χ3v) is 3.80. The van der Waals surface area contributed by atoms with Crippen LogP contribution >= 0.6 is 0 Å². The average molecular weight is 307 g/mol. The first kappa shape index (κ1) is 16.5. The molecule has 0 aliphatic carbocycles. The van der Waals surface area contributed by atoms with E-state index in [4.69, 9.17) is 0 Å². The summed E-state index contributed by atoms with van der Waals surface area (Å²) in [4.78, 5) is 28.2. The van der Waals surface area contributed by atoms with Gasteiger partial charge < -0.3 is 15.1 Å². The number of nitrogens with one attached hydrogen (secondary N) is 2. The van der Waals surface area contributed by atoms with Crippen LogP contribution in [0.5, 0.6) is 0 Å². The lowest BCUT2D eigenvalue weighted by atomic mass is 10.0. The van der Waals surface area contributed by atoms with Crippen molar-refractivity contribution in [2.24, 2.45) is 5.92 Å². The number of hydrogen-bond donors (Lipinski definition) is 2. The minimum Gasteiger partial charge on any atom is -0.349 e.